The van der Waals surface area contributed by atoms with Crippen LogP contribution in [0, 0.1) is 0 Å². The minimum absolute atomic E-state index is 0.0843. The zero-order chi connectivity index (χ0) is 8.97. The number of hydrogen-bond acceptors (Lipinski definition) is 4. The fourth-order valence-electron chi connectivity index (χ4n) is 0.937. The van der Waals surface area contributed by atoms with Crippen molar-refractivity contribution >= 4 is 11.8 Å². The summed E-state index contributed by atoms with van der Waals surface area (Å²) < 4.78 is 9.34. The molecule has 0 fully saturated rings. The molecule has 0 amide bonds. The van der Waals surface area contributed by atoms with E-state index in [0.717, 1.165) is 0 Å². The van der Waals surface area contributed by atoms with Crippen LogP contribution in [0.25, 0.3) is 0 Å². The molecule has 1 heterocycles. The molecule has 12 heavy (non-hydrogen) atoms. The maximum atomic E-state index is 10.9. The van der Waals surface area contributed by atoms with Gasteiger partial charge < -0.3 is 9.47 Å². The largest absolute Gasteiger partial charge is 0.490 e. The zero-order valence-corrected chi connectivity index (χ0v) is 6.78. The Morgan fingerprint density at radius 2 is 2.50 bits per heavy atom. The molecule has 0 N–H and O–H groups in total. The van der Waals surface area contributed by atoms with E-state index in [-0.39, 0.29) is 18.2 Å². The first kappa shape index (κ1) is 8.77. The van der Waals surface area contributed by atoms with Crippen molar-refractivity contribution in [3.05, 3.63) is 12.3 Å². The van der Waals surface area contributed by atoms with Crippen molar-refractivity contribution in [2.24, 2.45) is 0 Å². The van der Waals surface area contributed by atoms with Crippen LogP contribution in [0.1, 0.15) is 12.8 Å². The first-order valence-corrected chi connectivity index (χ1v) is 3.66. The number of carbonyl (C=O) groups excluding carboxylic acids is 2. The minimum Gasteiger partial charge on any atom is -0.490 e. The topological polar surface area (TPSA) is 52.6 Å². The van der Waals surface area contributed by atoms with Crippen LogP contribution in [0.15, 0.2) is 12.3 Å². The fourth-order valence-corrected chi connectivity index (χ4v) is 0.937. The zero-order valence-electron chi connectivity index (χ0n) is 6.78. The van der Waals surface area contributed by atoms with Crippen molar-refractivity contribution in [2.45, 2.75) is 18.9 Å². The molecular formula is C8H10O4. The number of ketones is 1. The molecule has 0 saturated heterocycles. The highest BCUT2D eigenvalue weighted by atomic mass is 16.5. The van der Waals surface area contributed by atoms with Crippen molar-refractivity contribution < 1.29 is 19.1 Å². The third-order valence-electron chi connectivity index (χ3n) is 1.63. The molecular weight excluding hydrogens is 160 g/mol. The molecule has 0 saturated carbocycles. The summed E-state index contributed by atoms with van der Waals surface area (Å²) in [5.41, 5.74) is 0. The Bertz CT molecular complexity index is 219. The number of methoxy groups -OCH3 is 1. The Balaban J connectivity index is 2.24. The fraction of sp³-hybridized carbons (Fsp3) is 0.500. The Morgan fingerprint density at radius 1 is 1.75 bits per heavy atom. The van der Waals surface area contributed by atoms with E-state index >= 15 is 0 Å². The quantitative estimate of drug-likeness (QED) is 0.576. The van der Waals surface area contributed by atoms with Crippen molar-refractivity contribution in [3.8, 4) is 0 Å². The molecule has 4 heteroatoms. The molecule has 0 aromatic rings. The van der Waals surface area contributed by atoms with Gasteiger partial charge in [0, 0.05) is 18.9 Å². The molecule has 0 aromatic carbocycles. The highest BCUT2D eigenvalue weighted by Crippen LogP contribution is 2.11. The summed E-state index contributed by atoms with van der Waals surface area (Å²) in [6.45, 7) is 0. The van der Waals surface area contributed by atoms with Gasteiger partial charge in [-0.2, -0.15) is 0 Å². The van der Waals surface area contributed by atoms with Crippen molar-refractivity contribution in [1.29, 1.82) is 0 Å². The van der Waals surface area contributed by atoms with Gasteiger partial charge in [0.15, 0.2) is 11.9 Å². The maximum Gasteiger partial charge on any atom is 0.305 e. The van der Waals surface area contributed by atoms with E-state index < -0.39 is 6.10 Å². The first-order valence-electron chi connectivity index (χ1n) is 3.66. The summed E-state index contributed by atoms with van der Waals surface area (Å²) >= 11 is 0. The summed E-state index contributed by atoms with van der Waals surface area (Å²) in [5.74, 6) is -0.405. The molecule has 0 radical (unpaired) electrons. The Morgan fingerprint density at radius 3 is 3.00 bits per heavy atom. The van der Waals surface area contributed by atoms with E-state index in [1.807, 2.05) is 0 Å². The van der Waals surface area contributed by atoms with E-state index in [2.05, 4.69) is 4.74 Å². The van der Waals surface area contributed by atoms with Gasteiger partial charge in [0.25, 0.3) is 0 Å². The standard InChI is InChI=1S/C8H10O4/c1-11-8(10)3-2-7-6(9)4-5-12-7/h4-5,7H,2-3H2,1H3. The van der Waals surface area contributed by atoms with Crippen molar-refractivity contribution in [3.63, 3.8) is 0 Å². The van der Waals surface area contributed by atoms with Gasteiger partial charge in [-0.15, -0.1) is 0 Å². The second-order valence-electron chi connectivity index (χ2n) is 2.44. The average molecular weight is 170 g/mol. The van der Waals surface area contributed by atoms with Crippen LogP contribution in [0.3, 0.4) is 0 Å². The Hall–Kier alpha value is -1.32. The van der Waals surface area contributed by atoms with Gasteiger partial charge in [0.2, 0.25) is 0 Å². The first-order chi connectivity index (χ1) is 5.74. The van der Waals surface area contributed by atoms with Crippen LogP contribution in [0.2, 0.25) is 0 Å². The molecule has 66 valence electrons. The minimum atomic E-state index is -0.482. The van der Waals surface area contributed by atoms with Gasteiger partial charge in [-0.1, -0.05) is 0 Å². The summed E-state index contributed by atoms with van der Waals surface area (Å²) in [4.78, 5) is 21.6. The van der Waals surface area contributed by atoms with Crippen LogP contribution < -0.4 is 0 Å². The molecule has 0 aromatic heterocycles. The third kappa shape index (κ3) is 2.08. The summed E-state index contributed by atoms with van der Waals surface area (Å²) in [6.07, 6.45) is 2.84. The van der Waals surface area contributed by atoms with Gasteiger partial charge in [0.05, 0.1) is 13.4 Å². The number of rotatable bonds is 3. The van der Waals surface area contributed by atoms with E-state index in [1.54, 1.807) is 0 Å². The lowest BCUT2D eigenvalue weighted by molar-refractivity contribution is -0.141. The molecule has 1 rings (SSSR count). The highest BCUT2D eigenvalue weighted by Gasteiger charge is 2.21. The monoisotopic (exact) mass is 170 g/mol. The van der Waals surface area contributed by atoms with Crippen LogP contribution in [-0.2, 0) is 19.1 Å². The molecule has 0 bridgehead atoms. The number of esters is 1. The van der Waals surface area contributed by atoms with E-state index in [0.29, 0.717) is 6.42 Å². The van der Waals surface area contributed by atoms with Crippen LogP contribution in [0.4, 0.5) is 0 Å². The second-order valence-corrected chi connectivity index (χ2v) is 2.44. The molecule has 1 aliphatic rings. The number of ether oxygens (including phenoxy) is 2. The van der Waals surface area contributed by atoms with E-state index in [1.165, 1.54) is 19.4 Å². The smallest absolute Gasteiger partial charge is 0.305 e. The molecule has 0 aliphatic carbocycles. The summed E-state index contributed by atoms with van der Waals surface area (Å²) in [7, 11) is 1.32. The maximum absolute atomic E-state index is 10.9. The Labute approximate surface area is 70.1 Å². The van der Waals surface area contributed by atoms with Crippen LogP contribution in [0.5, 0.6) is 0 Å². The highest BCUT2D eigenvalue weighted by molar-refractivity contribution is 5.95. The van der Waals surface area contributed by atoms with Gasteiger partial charge in [-0.25, -0.2) is 0 Å². The molecule has 1 atom stereocenters. The molecule has 0 spiro atoms. The summed E-state index contributed by atoms with van der Waals surface area (Å²) in [5, 5.41) is 0. The van der Waals surface area contributed by atoms with E-state index in [4.69, 9.17) is 4.74 Å². The lowest BCUT2D eigenvalue weighted by Gasteiger charge is -2.06. The Kier molecular flexibility index (Phi) is 2.85. The predicted octanol–water partition coefficient (Wildman–Crippen LogP) is 0.421. The van der Waals surface area contributed by atoms with Crippen LogP contribution in [-0.4, -0.2) is 25.0 Å². The average Bonchev–Trinajstić information content (AvgIpc) is 2.47. The van der Waals surface area contributed by atoms with Gasteiger partial charge in [0.1, 0.15) is 0 Å². The summed E-state index contributed by atoms with van der Waals surface area (Å²) in [6, 6.07) is 0. The van der Waals surface area contributed by atoms with Crippen LogP contribution >= 0.6 is 0 Å². The SMILES string of the molecule is COC(=O)CCC1OC=CC1=O. The second kappa shape index (κ2) is 3.90. The van der Waals surface area contributed by atoms with Gasteiger partial charge in [-0.05, 0) is 0 Å². The van der Waals surface area contributed by atoms with Crippen molar-refractivity contribution in [1.82, 2.24) is 0 Å². The van der Waals surface area contributed by atoms with Gasteiger partial charge >= 0.3 is 5.97 Å². The molecule has 1 unspecified atom stereocenters. The number of carbonyl (C=O) groups is 2. The van der Waals surface area contributed by atoms with E-state index in [9.17, 15) is 9.59 Å². The molecule has 4 nitrogen and oxygen atoms in total. The third-order valence-corrected chi connectivity index (χ3v) is 1.63. The van der Waals surface area contributed by atoms with Gasteiger partial charge in [-0.3, -0.25) is 9.59 Å². The molecule has 1 aliphatic heterocycles. The normalized spacial score (nSPS) is 20.8. The predicted molar refractivity (Wildman–Crippen MR) is 40.3 cm³/mol. The lowest BCUT2D eigenvalue weighted by atomic mass is 10.1. The van der Waals surface area contributed by atoms with Crippen molar-refractivity contribution in [2.75, 3.05) is 7.11 Å². The lowest BCUT2D eigenvalue weighted by Crippen LogP contribution is -2.17. The number of hydrogen-bond donors (Lipinski definition) is 0.